The maximum absolute atomic E-state index is 12.0. The summed E-state index contributed by atoms with van der Waals surface area (Å²) in [5, 5.41) is 1.97. The third kappa shape index (κ3) is 2.92. The fourth-order valence-corrected chi connectivity index (χ4v) is 2.07. The largest absolute Gasteiger partial charge is 0.495 e. The SMILES string of the molecule is COc1cc(C(=O)NN2CCCCC2)ccc1N. The predicted molar refractivity (Wildman–Crippen MR) is 70.3 cm³/mol. The number of carbonyl (C=O) groups is 1. The number of hydrazine groups is 1. The average molecular weight is 249 g/mol. The van der Waals surface area contributed by atoms with Gasteiger partial charge in [0, 0.05) is 18.7 Å². The van der Waals surface area contributed by atoms with Crippen molar-refractivity contribution in [3.63, 3.8) is 0 Å². The Morgan fingerprint density at radius 3 is 2.72 bits per heavy atom. The van der Waals surface area contributed by atoms with Gasteiger partial charge in [0.15, 0.2) is 0 Å². The van der Waals surface area contributed by atoms with E-state index in [2.05, 4.69) is 5.43 Å². The highest BCUT2D eigenvalue weighted by molar-refractivity contribution is 5.94. The van der Waals surface area contributed by atoms with E-state index in [9.17, 15) is 4.79 Å². The van der Waals surface area contributed by atoms with Crippen LogP contribution in [0.3, 0.4) is 0 Å². The van der Waals surface area contributed by atoms with Gasteiger partial charge >= 0.3 is 0 Å². The molecule has 2 rings (SSSR count). The molecule has 18 heavy (non-hydrogen) atoms. The first-order valence-corrected chi connectivity index (χ1v) is 6.20. The van der Waals surface area contributed by atoms with Gasteiger partial charge in [-0.3, -0.25) is 10.2 Å². The number of nitrogens with one attached hydrogen (secondary N) is 1. The van der Waals surface area contributed by atoms with Crippen LogP contribution in [-0.2, 0) is 0 Å². The van der Waals surface area contributed by atoms with Crippen molar-refractivity contribution in [3.8, 4) is 5.75 Å². The maximum Gasteiger partial charge on any atom is 0.265 e. The first kappa shape index (κ1) is 12.7. The number of rotatable bonds is 3. The van der Waals surface area contributed by atoms with E-state index in [0.717, 1.165) is 25.9 Å². The number of benzene rings is 1. The van der Waals surface area contributed by atoms with Crippen molar-refractivity contribution in [2.24, 2.45) is 0 Å². The summed E-state index contributed by atoms with van der Waals surface area (Å²) < 4.78 is 5.11. The van der Waals surface area contributed by atoms with E-state index in [0.29, 0.717) is 17.0 Å². The second-order valence-corrected chi connectivity index (χ2v) is 4.45. The van der Waals surface area contributed by atoms with Gasteiger partial charge < -0.3 is 10.5 Å². The molecular weight excluding hydrogens is 230 g/mol. The maximum atomic E-state index is 12.0. The van der Waals surface area contributed by atoms with E-state index in [1.165, 1.54) is 13.5 Å². The average Bonchev–Trinajstić information content (AvgIpc) is 2.40. The molecule has 0 bridgehead atoms. The highest BCUT2D eigenvalue weighted by atomic mass is 16.5. The molecule has 0 atom stereocenters. The predicted octanol–water partition coefficient (Wildman–Crippen LogP) is 1.41. The summed E-state index contributed by atoms with van der Waals surface area (Å²) in [6, 6.07) is 5.05. The Kier molecular flexibility index (Phi) is 4.04. The molecule has 1 amide bonds. The summed E-state index contributed by atoms with van der Waals surface area (Å²) in [5.41, 5.74) is 9.72. The number of hydrogen-bond donors (Lipinski definition) is 2. The van der Waals surface area contributed by atoms with E-state index >= 15 is 0 Å². The van der Waals surface area contributed by atoms with Crippen LogP contribution >= 0.6 is 0 Å². The van der Waals surface area contributed by atoms with E-state index in [-0.39, 0.29) is 5.91 Å². The number of methoxy groups -OCH3 is 1. The molecule has 5 nitrogen and oxygen atoms in total. The Bertz CT molecular complexity index is 428. The van der Waals surface area contributed by atoms with E-state index in [1.54, 1.807) is 18.2 Å². The molecular formula is C13H19N3O2. The molecule has 1 aromatic carbocycles. The number of nitrogens with two attached hydrogens (primary N) is 1. The first-order chi connectivity index (χ1) is 8.70. The van der Waals surface area contributed by atoms with Crippen molar-refractivity contribution in [1.29, 1.82) is 0 Å². The van der Waals surface area contributed by atoms with Gasteiger partial charge in [0.2, 0.25) is 0 Å². The molecule has 1 aliphatic heterocycles. The van der Waals surface area contributed by atoms with Gasteiger partial charge in [0.25, 0.3) is 5.91 Å². The molecule has 1 aliphatic rings. The zero-order valence-corrected chi connectivity index (χ0v) is 10.6. The molecule has 0 radical (unpaired) electrons. The molecule has 0 unspecified atom stereocenters. The summed E-state index contributed by atoms with van der Waals surface area (Å²) in [4.78, 5) is 12.0. The van der Waals surface area contributed by atoms with Crippen molar-refractivity contribution < 1.29 is 9.53 Å². The van der Waals surface area contributed by atoms with Crippen molar-refractivity contribution in [3.05, 3.63) is 23.8 Å². The number of hydrogen-bond acceptors (Lipinski definition) is 4. The van der Waals surface area contributed by atoms with Crippen LogP contribution in [0.25, 0.3) is 0 Å². The fraction of sp³-hybridized carbons (Fsp3) is 0.462. The van der Waals surface area contributed by atoms with Crippen LogP contribution in [0, 0.1) is 0 Å². The fourth-order valence-electron chi connectivity index (χ4n) is 2.07. The number of nitrogen functional groups attached to an aromatic ring is 1. The zero-order valence-electron chi connectivity index (χ0n) is 10.6. The number of carbonyl (C=O) groups excluding carboxylic acids is 1. The van der Waals surface area contributed by atoms with Gasteiger partial charge in [-0.25, -0.2) is 5.01 Å². The molecule has 1 saturated heterocycles. The highest BCUT2D eigenvalue weighted by Gasteiger charge is 2.14. The molecule has 0 spiro atoms. The normalized spacial score (nSPS) is 16.3. The smallest absolute Gasteiger partial charge is 0.265 e. The van der Waals surface area contributed by atoms with Gasteiger partial charge in [-0.05, 0) is 31.0 Å². The topological polar surface area (TPSA) is 67.6 Å². The van der Waals surface area contributed by atoms with Crippen LogP contribution < -0.4 is 15.9 Å². The van der Waals surface area contributed by atoms with Crippen LogP contribution in [0.4, 0.5) is 5.69 Å². The van der Waals surface area contributed by atoms with Gasteiger partial charge in [-0.15, -0.1) is 0 Å². The monoisotopic (exact) mass is 249 g/mol. The lowest BCUT2D eigenvalue weighted by atomic mass is 10.1. The molecule has 3 N–H and O–H groups in total. The zero-order chi connectivity index (χ0) is 13.0. The molecule has 0 saturated carbocycles. The minimum Gasteiger partial charge on any atom is -0.495 e. The van der Waals surface area contributed by atoms with E-state index < -0.39 is 0 Å². The summed E-state index contributed by atoms with van der Waals surface area (Å²) in [5.74, 6) is 0.413. The van der Waals surface area contributed by atoms with Crippen molar-refractivity contribution in [2.75, 3.05) is 25.9 Å². The Balaban J connectivity index is 2.03. The second kappa shape index (κ2) is 5.73. The molecule has 0 aromatic heterocycles. The van der Waals surface area contributed by atoms with Crippen LogP contribution in [0.1, 0.15) is 29.6 Å². The van der Waals surface area contributed by atoms with Gasteiger partial charge in [-0.1, -0.05) is 6.42 Å². The van der Waals surface area contributed by atoms with Crippen LogP contribution in [0.2, 0.25) is 0 Å². The lowest BCUT2D eigenvalue weighted by Gasteiger charge is -2.26. The van der Waals surface area contributed by atoms with Crippen LogP contribution in [0.5, 0.6) is 5.75 Å². The van der Waals surface area contributed by atoms with Gasteiger partial charge in [-0.2, -0.15) is 0 Å². The standard InChI is InChI=1S/C13H19N3O2/c1-18-12-9-10(5-6-11(12)14)13(17)15-16-7-3-2-4-8-16/h5-6,9H,2-4,7-8,14H2,1H3,(H,15,17). The van der Waals surface area contributed by atoms with E-state index in [4.69, 9.17) is 10.5 Å². The van der Waals surface area contributed by atoms with Crippen LogP contribution in [-0.4, -0.2) is 31.1 Å². The summed E-state index contributed by atoms with van der Waals surface area (Å²) in [6.45, 7) is 1.83. The summed E-state index contributed by atoms with van der Waals surface area (Å²) in [6.07, 6.45) is 3.50. The molecule has 0 aliphatic carbocycles. The number of nitrogens with zero attached hydrogens (tertiary/aromatic N) is 1. The lowest BCUT2D eigenvalue weighted by Crippen LogP contribution is -2.45. The minimum absolute atomic E-state index is 0.116. The Hall–Kier alpha value is -1.75. The van der Waals surface area contributed by atoms with E-state index in [1.807, 2.05) is 5.01 Å². The van der Waals surface area contributed by atoms with Gasteiger partial charge in [0.1, 0.15) is 5.75 Å². The quantitative estimate of drug-likeness (QED) is 0.795. The summed E-state index contributed by atoms with van der Waals surface area (Å²) >= 11 is 0. The number of ether oxygens (including phenoxy) is 1. The number of piperidine rings is 1. The molecule has 98 valence electrons. The summed E-state index contributed by atoms with van der Waals surface area (Å²) in [7, 11) is 1.54. The van der Waals surface area contributed by atoms with Crippen molar-refractivity contribution >= 4 is 11.6 Å². The van der Waals surface area contributed by atoms with Crippen molar-refractivity contribution in [1.82, 2.24) is 10.4 Å². The van der Waals surface area contributed by atoms with Crippen LogP contribution in [0.15, 0.2) is 18.2 Å². The van der Waals surface area contributed by atoms with Gasteiger partial charge in [0.05, 0.1) is 12.8 Å². The molecule has 1 aromatic rings. The number of amides is 1. The second-order valence-electron chi connectivity index (χ2n) is 4.45. The number of anilines is 1. The third-order valence-electron chi connectivity index (χ3n) is 3.11. The Labute approximate surface area is 107 Å². The Morgan fingerprint density at radius 2 is 2.06 bits per heavy atom. The molecule has 1 heterocycles. The third-order valence-corrected chi connectivity index (χ3v) is 3.11. The Morgan fingerprint density at radius 1 is 1.33 bits per heavy atom. The minimum atomic E-state index is -0.116. The van der Waals surface area contributed by atoms with Crippen molar-refractivity contribution in [2.45, 2.75) is 19.3 Å². The highest BCUT2D eigenvalue weighted by Crippen LogP contribution is 2.22. The lowest BCUT2D eigenvalue weighted by molar-refractivity contribution is 0.0750. The molecule has 5 heteroatoms. The molecule has 1 fully saturated rings. The first-order valence-electron chi connectivity index (χ1n) is 6.20.